The van der Waals surface area contributed by atoms with Crippen LogP contribution < -0.4 is 10.1 Å². The molecule has 100 valence electrons. The van der Waals surface area contributed by atoms with Crippen LogP contribution in [0.3, 0.4) is 0 Å². The molecule has 0 aliphatic heterocycles. The summed E-state index contributed by atoms with van der Waals surface area (Å²) in [5, 5.41) is 2.80. The molecule has 19 heavy (non-hydrogen) atoms. The van der Waals surface area contributed by atoms with Gasteiger partial charge in [-0.1, -0.05) is 11.6 Å². The van der Waals surface area contributed by atoms with Gasteiger partial charge in [-0.15, -0.1) is 0 Å². The monoisotopic (exact) mass is 302 g/mol. The quantitative estimate of drug-likeness (QED) is 0.937. The number of ether oxygens (including phenoxy) is 1. The normalized spacial score (nSPS) is 10.3. The fourth-order valence-electron chi connectivity index (χ4n) is 1.28. The average Bonchev–Trinajstić information content (AvgIpc) is 2.33. The first kappa shape index (κ1) is 13.8. The molecule has 0 saturated heterocycles. The lowest BCUT2D eigenvalue weighted by atomic mass is 10.3. The zero-order valence-corrected chi connectivity index (χ0v) is 11.3. The van der Waals surface area contributed by atoms with E-state index in [0.717, 1.165) is 0 Å². The summed E-state index contributed by atoms with van der Waals surface area (Å²) in [6.07, 6.45) is 0. The molecule has 0 unspecified atom stereocenters. The fourth-order valence-corrected chi connectivity index (χ4v) is 1.55. The van der Waals surface area contributed by atoms with Gasteiger partial charge in [-0.3, -0.25) is 0 Å². The number of nitrogens with one attached hydrogen (secondary N) is 1. The first-order chi connectivity index (χ1) is 9.08. The van der Waals surface area contributed by atoms with Crippen LogP contribution in [-0.4, -0.2) is 21.6 Å². The van der Waals surface area contributed by atoms with Gasteiger partial charge in [0, 0.05) is 5.69 Å². The Hall–Kier alpha value is -1.66. The van der Waals surface area contributed by atoms with E-state index >= 15 is 0 Å². The van der Waals surface area contributed by atoms with Crippen molar-refractivity contribution in [2.45, 2.75) is 6.92 Å². The second-order valence-electron chi connectivity index (χ2n) is 3.40. The van der Waals surface area contributed by atoms with E-state index in [4.69, 9.17) is 27.9 Å². The molecule has 8 heteroatoms. The summed E-state index contributed by atoms with van der Waals surface area (Å²) >= 11 is 11.3. The van der Waals surface area contributed by atoms with Crippen LogP contribution in [0.2, 0.25) is 10.3 Å². The van der Waals surface area contributed by atoms with Crippen LogP contribution in [0.25, 0.3) is 0 Å². The number of benzene rings is 1. The van der Waals surface area contributed by atoms with Gasteiger partial charge >= 0.3 is 6.01 Å². The molecule has 0 amide bonds. The molecule has 0 spiro atoms. The van der Waals surface area contributed by atoms with Crippen molar-refractivity contribution in [3.05, 3.63) is 34.3 Å². The molecule has 0 aliphatic carbocycles. The van der Waals surface area contributed by atoms with Gasteiger partial charge in [0.15, 0.2) is 0 Å². The number of halogens is 3. The number of anilines is 2. The van der Waals surface area contributed by atoms with Crippen LogP contribution in [0.15, 0.2) is 18.2 Å². The highest BCUT2D eigenvalue weighted by molar-refractivity contribution is 6.30. The first-order valence-corrected chi connectivity index (χ1v) is 6.10. The van der Waals surface area contributed by atoms with Crippen LogP contribution in [0.5, 0.6) is 6.01 Å². The highest BCUT2D eigenvalue weighted by atomic mass is 35.5. The molecule has 0 fully saturated rings. The van der Waals surface area contributed by atoms with Crippen molar-refractivity contribution in [3.8, 4) is 6.01 Å². The molecule has 0 radical (unpaired) electrons. The van der Waals surface area contributed by atoms with Crippen LogP contribution in [-0.2, 0) is 0 Å². The molecule has 5 nitrogen and oxygen atoms in total. The maximum absolute atomic E-state index is 13.3. The standard InChI is InChI=1S/C11H9Cl2FN4O/c1-2-19-11-17-9(13)16-10(18-11)15-6-3-4-7(12)8(14)5-6/h3-5H,2H2,1H3,(H,15,16,17,18). The Labute approximate surface area is 118 Å². The Morgan fingerprint density at radius 3 is 2.74 bits per heavy atom. The van der Waals surface area contributed by atoms with E-state index in [1.165, 1.54) is 12.1 Å². The minimum atomic E-state index is -0.545. The van der Waals surface area contributed by atoms with Crippen LogP contribution in [0.1, 0.15) is 6.92 Å². The minimum Gasteiger partial charge on any atom is -0.464 e. The second kappa shape index (κ2) is 5.99. The Balaban J connectivity index is 2.24. The number of hydrogen-bond donors (Lipinski definition) is 1. The molecule has 1 heterocycles. The zero-order chi connectivity index (χ0) is 13.8. The average molecular weight is 303 g/mol. The highest BCUT2D eigenvalue weighted by Crippen LogP contribution is 2.21. The Morgan fingerprint density at radius 1 is 1.26 bits per heavy atom. The van der Waals surface area contributed by atoms with Crippen molar-refractivity contribution in [3.63, 3.8) is 0 Å². The summed E-state index contributed by atoms with van der Waals surface area (Å²) < 4.78 is 18.4. The fraction of sp³-hybridized carbons (Fsp3) is 0.182. The molecule has 0 saturated carbocycles. The van der Waals surface area contributed by atoms with Crippen LogP contribution in [0.4, 0.5) is 16.0 Å². The minimum absolute atomic E-state index is 0.0182. The molecule has 1 aromatic carbocycles. The van der Waals surface area contributed by atoms with E-state index in [0.29, 0.717) is 12.3 Å². The summed E-state index contributed by atoms with van der Waals surface area (Å²) in [6, 6.07) is 4.33. The van der Waals surface area contributed by atoms with Crippen LogP contribution >= 0.6 is 23.2 Å². The SMILES string of the molecule is CCOc1nc(Cl)nc(Nc2ccc(Cl)c(F)c2)n1. The lowest BCUT2D eigenvalue weighted by Gasteiger charge is -2.07. The lowest BCUT2D eigenvalue weighted by Crippen LogP contribution is -2.04. The summed E-state index contributed by atoms with van der Waals surface area (Å²) in [4.78, 5) is 11.6. The van der Waals surface area contributed by atoms with Crippen molar-refractivity contribution >= 4 is 34.8 Å². The van der Waals surface area contributed by atoms with Gasteiger partial charge in [-0.2, -0.15) is 15.0 Å². The third-order valence-electron chi connectivity index (χ3n) is 2.04. The maximum Gasteiger partial charge on any atom is 0.322 e. The van der Waals surface area contributed by atoms with Crippen molar-refractivity contribution in [2.24, 2.45) is 0 Å². The predicted octanol–water partition coefficient (Wildman–Crippen LogP) is 3.46. The topological polar surface area (TPSA) is 59.9 Å². The van der Waals surface area contributed by atoms with E-state index in [-0.39, 0.29) is 22.3 Å². The number of nitrogens with zero attached hydrogens (tertiary/aromatic N) is 3. The summed E-state index contributed by atoms with van der Waals surface area (Å²) in [7, 11) is 0. The van der Waals surface area contributed by atoms with Crippen molar-refractivity contribution < 1.29 is 9.13 Å². The number of rotatable bonds is 4. The van der Waals surface area contributed by atoms with Gasteiger partial charge in [0.2, 0.25) is 11.2 Å². The van der Waals surface area contributed by atoms with Crippen molar-refractivity contribution in [1.29, 1.82) is 0 Å². The lowest BCUT2D eigenvalue weighted by molar-refractivity contribution is 0.312. The summed E-state index contributed by atoms with van der Waals surface area (Å²) in [5.74, 6) is -0.387. The largest absolute Gasteiger partial charge is 0.464 e. The molecule has 0 aliphatic rings. The predicted molar refractivity (Wildman–Crippen MR) is 70.7 cm³/mol. The third-order valence-corrected chi connectivity index (χ3v) is 2.51. The Morgan fingerprint density at radius 2 is 2.05 bits per heavy atom. The first-order valence-electron chi connectivity index (χ1n) is 5.35. The third kappa shape index (κ3) is 3.65. The molecular formula is C11H9Cl2FN4O. The summed E-state index contributed by atoms with van der Waals surface area (Å²) in [5.41, 5.74) is 0.437. The molecule has 2 rings (SSSR count). The number of hydrogen-bond acceptors (Lipinski definition) is 5. The number of aromatic nitrogens is 3. The second-order valence-corrected chi connectivity index (χ2v) is 4.14. The van der Waals surface area contributed by atoms with Gasteiger partial charge in [-0.05, 0) is 36.7 Å². The van der Waals surface area contributed by atoms with Gasteiger partial charge in [0.1, 0.15) is 5.82 Å². The van der Waals surface area contributed by atoms with E-state index < -0.39 is 5.82 Å². The molecular weight excluding hydrogens is 294 g/mol. The highest BCUT2D eigenvalue weighted by Gasteiger charge is 2.07. The Kier molecular flexibility index (Phi) is 4.34. The Bertz CT molecular complexity index is 597. The van der Waals surface area contributed by atoms with Crippen molar-refractivity contribution in [1.82, 2.24) is 15.0 Å². The smallest absolute Gasteiger partial charge is 0.322 e. The van der Waals surface area contributed by atoms with Crippen molar-refractivity contribution in [2.75, 3.05) is 11.9 Å². The molecule has 1 aromatic heterocycles. The molecule has 0 atom stereocenters. The summed E-state index contributed by atoms with van der Waals surface area (Å²) in [6.45, 7) is 2.19. The molecule has 1 N–H and O–H groups in total. The van der Waals surface area contributed by atoms with E-state index in [1.807, 2.05) is 0 Å². The zero-order valence-electron chi connectivity index (χ0n) is 9.82. The van der Waals surface area contributed by atoms with Gasteiger partial charge in [0.05, 0.1) is 11.6 Å². The van der Waals surface area contributed by atoms with E-state index in [9.17, 15) is 4.39 Å². The van der Waals surface area contributed by atoms with Gasteiger partial charge in [0.25, 0.3) is 0 Å². The van der Waals surface area contributed by atoms with E-state index in [1.54, 1.807) is 13.0 Å². The van der Waals surface area contributed by atoms with Gasteiger partial charge < -0.3 is 10.1 Å². The maximum atomic E-state index is 13.3. The van der Waals surface area contributed by atoms with Crippen LogP contribution in [0, 0.1) is 5.82 Å². The molecule has 2 aromatic rings. The molecule has 0 bridgehead atoms. The van der Waals surface area contributed by atoms with E-state index in [2.05, 4.69) is 20.3 Å². The van der Waals surface area contributed by atoms with Gasteiger partial charge in [-0.25, -0.2) is 4.39 Å².